The third-order valence-corrected chi connectivity index (χ3v) is 7.30. The van der Waals surface area contributed by atoms with Crippen molar-refractivity contribution in [1.82, 2.24) is 14.4 Å². The summed E-state index contributed by atoms with van der Waals surface area (Å²) in [4.78, 5) is 53.8. The second kappa shape index (κ2) is 8.38. The minimum Gasteiger partial charge on any atom is -0.340 e. The highest BCUT2D eigenvalue weighted by Crippen LogP contribution is 2.37. The van der Waals surface area contributed by atoms with Gasteiger partial charge in [-0.3, -0.25) is 24.5 Å². The second-order valence-electron chi connectivity index (χ2n) is 10.1. The van der Waals surface area contributed by atoms with Gasteiger partial charge in [0.25, 0.3) is 5.91 Å². The van der Waals surface area contributed by atoms with Crippen molar-refractivity contribution in [1.29, 1.82) is 0 Å². The van der Waals surface area contributed by atoms with E-state index in [1.807, 2.05) is 29.2 Å². The summed E-state index contributed by atoms with van der Waals surface area (Å²) < 4.78 is 1.52. The van der Waals surface area contributed by atoms with Crippen molar-refractivity contribution in [2.75, 3.05) is 13.1 Å². The first kappa shape index (κ1) is 22.3. The van der Waals surface area contributed by atoms with Crippen LogP contribution in [0.1, 0.15) is 54.2 Å². The van der Waals surface area contributed by atoms with Crippen molar-refractivity contribution < 1.29 is 14.5 Å². The average Bonchev–Trinajstić information content (AvgIpc) is 3.13. The Balaban J connectivity index is 1.41. The van der Waals surface area contributed by atoms with Gasteiger partial charge in [0.05, 0.1) is 4.92 Å². The van der Waals surface area contributed by atoms with Crippen molar-refractivity contribution >= 4 is 17.5 Å². The van der Waals surface area contributed by atoms with Crippen LogP contribution in [0.5, 0.6) is 0 Å². The molecule has 2 bridgehead atoms. The SMILES string of the molecule is CC(C)C[C@@H](C(=O)N1C[C@@H]2C[C@@H](C1)c1ccc([N+](=O)[O-])c(=O)n1C2)N1Cc2ccccc2C1=O. The monoisotopic (exact) mass is 464 g/mol. The molecule has 0 spiro atoms. The van der Waals surface area contributed by atoms with E-state index in [1.165, 1.54) is 10.6 Å². The van der Waals surface area contributed by atoms with E-state index >= 15 is 0 Å². The number of carbonyl (C=O) groups is 2. The first-order valence-electron chi connectivity index (χ1n) is 11.8. The van der Waals surface area contributed by atoms with E-state index in [-0.39, 0.29) is 29.6 Å². The predicted octanol–water partition coefficient (Wildman–Crippen LogP) is 2.77. The summed E-state index contributed by atoms with van der Waals surface area (Å²) in [6.07, 6.45) is 1.41. The van der Waals surface area contributed by atoms with Gasteiger partial charge in [0, 0.05) is 49.4 Å². The fraction of sp³-hybridized carbons (Fsp3) is 0.480. The average molecular weight is 465 g/mol. The lowest BCUT2D eigenvalue weighted by atomic mass is 9.82. The summed E-state index contributed by atoms with van der Waals surface area (Å²) in [5, 5.41) is 11.2. The Hall–Kier alpha value is -3.49. The van der Waals surface area contributed by atoms with Crippen molar-refractivity contribution in [2.45, 2.75) is 51.7 Å². The third-order valence-electron chi connectivity index (χ3n) is 7.30. The minimum atomic E-state index is -0.641. The number of amides is 2. The zero-order chi connectivity index (χ0) is 24.1. The maximum atomic E-state index is 13.8. The Bertz CT molecular complexity index is 1240. The number of rotatable bonds is 5. The smallest absolute Gasteiger partial charge is 0.334 e. The molecule has 0 aliphatic carbocycles. The van der Waals surface area contributed by atoms with Gasteiger partial charge < -0.3 is 14.4 Å². The van der Waals surface area contributed by atoms with Gasteiger partial charge in [-0.2, -0.15) is 0 Å². The van der Waals surface area contributed by atoms with Gasteiger partial charge in [-0.15, -0.1) is 0 Å². The predicted molar refractivity (Wildman–Crippen MR) is 124 cm³/mol. The van der Waals surface area contributed by atoms with E-state index in [0.717, 1.165) is 17.7 Å². The summed E-state index contributed by atoms with van der Waals surface area (Å²) in [5.41, 5.74) is 1.36. The third kappa shape index (κ3) is 3.69. The van der Waals surface area contributed by atoms with Crippen molar-refractivity contribution in [2.24, 2.45) is 11.8 Å². The van der Waals surface area contributed by atoms with Crippen LogP contribution in [-0.4, -0.2) is 50.2 Å². The van der Waals surface area contributed by atoms with E-state index in [2.05, 4.69) is 13.8 Å². The van der Waals surface area contributed by atoms with Crippen LogP contribution in [0, 0.1) is 22.0 Å². The lowest BCUT2D eigenvalue weighted by Gasteiger charge is -2.44. The summed E-state index contributed by atoms with van der Waals surface area (Å²) in [7, 11) is 0. The molecular weight excluding hydrogens is 436 g/mol. The summed E-state index contributed by atoms with van der Waals surface area (Å²) in [5.74, 6) is 0.0603. The largest absolute Gasteiger partial charge is 0.340 e. The van der Waals surface area contributed by atoms with Gasteiger partial charge in [-0.1, -0.05) is 32.0 Å². The van der Waals surface area contributed by atoms with Gasteiger partial charge in [-0.25, -0.2) is 0 Å². The van der Waals surface area contributed by atoms with Crippen LogP contribution < -0.4 is 5.56 Å². The Morgan fingerprint density at radius 1 is 1.12 bits per heavy atom. The highest BCUT2D eigenvalue weighted by molar-refractivity contribution is 6.01. The molecule has 9 nitrogen and oxygen atoms in total. The molecule has 0 N–H and O–H groups in total. The van der Waals surface area contributed by atoms with Crippen molar-refractivity contribution in [3.63, 3.8) is 0 Å². The fourth-order valence-corrected chi connectivity index (χ4v) is 5.80. The fourth-order valence-electron chi connectivity index (χ4n) is 5.80. The molecule has 3 aliphatic heterocycles. The van der Waals surface area contributed by atoms with E-state index in [9.17, 15) is 24.5 Å². The summed E-state index contributed by atoms with van der Waals surface area (Å²) >= 11 is 0. The highest BCUT2D eigenvalue weighted by atomic mass is 16.6. The van der Waals surface area contributed by atoms with Crippen LogP contribution in [0.3, 0.4) is 0 Å². The van der Waals surface area contributed by atoms with Crippen LogP contribution in [0.15, 0.2) is 41.2 Å². The van der Waals surface area contributed by atoms with Crippen LogP contribution in [-0.2, 0) is 17.9 Å². The first-order chi connectivity index (χ1) is 16.2. The molecule has 3 atom stereocenters. The number of likely N-dealkylation sites (tertiary alicyclic amines) is 1. The molecule has 0 unspecified atom stereocenters. The quantitative estimate of drug-likeness (QED) is 0.500. The molecule has 0 radical (unpaired) electrons. The number of nitrogens with zero attached hydrogens (tertiary/aromatic N) is 4. The molecule has 4 heterocycles. The van der Waals surface area contributed by atoms with Gasteiger partial charge in [-0.05, 0) is 42.4 Å². The molecule has 1 saturated heterocycles. The van der Waals surface area contributed by atoms with E-state index in [0.29, 0.717) is 38.2 Å². The number of pyridine rings is 1. The molecule has 9 heteroatoms. The molecule has 3 aliphatic rings. The molecule has 1 aromatic heterocycles. The zero-order valence-electron chi connectivity index (χ0n) is 19.3. The lowest BCUT2D eigenvalue weighted by molar-refractivity contribution is -0.386. The second-order valence-corrected chi connectivity index (χ2v) is 10.1. The number of carbonyl (C=O) groups excluding carboxylic acids is 2. The number of aromatic nitrogens is 1. The van der Waals surface area contributed by atoms with Crippen LogP contribution in [0.4, 0.5) is 5.69 Å². The van der Waals surface area contributed by atoms with Crippen LogP contribution in [0.2, 0.25) is 0 Å². The molecule has 178 valence electrons. The summed E-state index contributed by atoms with van der Waals surface area (Å²) in [6, 6.07) is 9.88. The molecule has 2 aromatic rings. The van der Waals surface area contributed by atoms with Gasteiger partial charge >= 0.3 is 11.2 Å². The molecule has 34 heavy (non-hydrogen) atoms. The highest BCUT2D eigenvalue weighted by Gasteiger charge is 2.42. The van der Waals surface area contributed by atoms with E-state index in [4.69, 9.17) is 0 Å². The number of benzene rings is 1. The molecule has 2 amide bonds. The van der Waals surface area contributed by atoms with Gasteiger partial charge in [0.15, 0.2) is 0 Å². The summed E-state index contributed by atoms with van der Waals surface area (Å²) in [6.45, 7) is 5.81. The Kier molecular flexibility index (Phi) is 5.50. The first-order valence-corrected chi connectivity index (χ1v) is 11.8. The molecular formula is C25H28N4O5. The van der Waals surface area contributed by atoms with E-state index < -0.39 is 22.2 Å². The lowest BCUT2D eigenvalue weighted by Crippen LogP contribution is -2.55. The topological polar surface area (TPSA) is 106 Å². The Morgan fingerprint density at radius 2 is 1.88 bits per heavy atom. The number of hydrogen-bond acceptors (Lipinski definition) is 5. The number of nitro groups is 1. The van der Waals surface area contributed by atoms with Crippen molar-refractivity contribution in [3.05, 3.63) is 73.7 Å². The van der Waals surface area contributed by atoms with Gasteiger partial charge in [0.2, 0.25) is 5.91 Å². The molecule has 5 rings (SSSR count). The maximum Gasteiger partial charge on any atom is 0.334 e. The minimum absolute atomic E-state index is 0.0427. The maximum absolute atomic E-state index is 13.8. The van der Waals surface area contributed by atoms with Gasteiger partial charge in [0.1, 0.15) is 6.04 Å². The zero-order valence-corrected chi connectivity index (χ0v) is 19.3. The molecule has 1 aromatic carbocycles. The number of hydrogen-bond donors (Lipinski definition) is 0. The van der Waals surface area contributed by atoms with E-state index in [1.54, 1.807) is 11.0 Å². The number of piperidine rings is 1. The molecule has 0 saturated carbocycles. The normalized spacial score (nSPS) is 21.9. The standard InChI is InChI=1S/C25H28N4O5/c1-15(2)9-22(28-14-17-5-3-4-6-19(17)23(28)30)24(31)26-11-16-10-18(13-26)20-7-8-21(29(33)34)25(32)27(20)12-16/h3-8,15-16,18,22H,9-14H2,1-2H3/t16-,18-,22-/m0/s1. The van der Waals surface area contributed by atoms with Crippen LogP contribution in [0.25, 0.3) is 0 Å². The Labute approximate surface area is 197 Å². The molecule has 1 fully saturated rings. The Morgan fingerprint density at radius 3 is 2.59 bits per heavy atom. The number of fused-ring (bicyclic) bond motifs is 5. The van der Waals surface area contributed by atoms with Crippen LogP contribution >= 0.6 is 0 Å². The van der Waals surface area contributed by atoms with Crippen molar-refractivity contribution in [3.8, 4) is 0 Å².